The van der Waals surface area contributed by atoms with Gasteiger partial charge < -0.3 is 20.4 Å². The van der Waals surface area contributed by atoms with Crippen LogP contribution in [0.4, 0.5) is 0 Å². The molecule has 0 aliphatic carbocycles. The van der Waals surface area contributed by atoms with E-state index in [2.05, 4.69) is 0 Å². The summed E-state index contributed by atoms with van der Waals surface area (Å²) in [5.41, 5.74) is 6.42. The third-order valence-corrected chi connectivity index (χ3v) is 3.97. The van der Waals surface area contributed by atoms with Crippen LogP contribution in [0.3, 0.4) is 0 Å². The van der Waals surface area contributed by atoms with Gasteiger partial charge in [0.15, 0.2) is 0 Å². The monoisotopic (exact) mass is 325 g/mol. The summed E-state index contributed by atoms with van der Waals surface area (Å²) in [5.74, 6) is -0.00683. The van der Waals surface area contributed by atoms with Crippen LogP contribution in [0.2, 0.25) is 0 Å². The van der Waals surface area contributed by atoms with Crippen molar-refractivity contribution < 1.29 is 14.7 Å². The van der Waals surface area contributed by atoms with Crippen LogP contribution in [-0.2, 0) is 0 Å². The van der Waals surface area contributed by atoms with E-state index in [0.29, 0.717) is 21.7 Å². The standard InChI is InChI=1S/C17H15N3O4/c1-9-6-13-15(17(21)20(9)22)14(12(8-18)16(19)24-13)10-4-3-5-11(7-10)23-2/h3-7,14,22H,19H2,1-2H3/t14-/m1/s1. The fraction of sp³-hybridized carbons (Fsp3) is 0.176. The molecule has 7 nitrogen and oxygen atoms in total. The number of fused-ring (bicyclic) bond motifs is 1. The number of aryl methyl sites for hydroxylation is 1. The largest absolute Gasteiger partial charge is 0.497 e. The molecule has 1 aliphatic heterocycles. The molecule has 0 amide bonds. The van der Waals surface area contributed by atoms with E-state index in [1.165, 1.54) is 13.2 Å². The van der Waals surface area contributed by atoms with Gasteiger partial charge in [0.1, 0.15) is 23.1 Å². The maximum absolute atomic E-state index is 12.6. The number of methoxy groups -OCH3 is 1. The molecule has 2 aromatic rings. The van der Waals surface area contributed by atoms with Crippen LogP contribution >= 0.6 is 0 Å². The van der Waals surface area contributed by atoms with E-state index in [0.717, 1.165) is 0 Å². The fourth-order valence-electron chi connectivity index (χ4n) is 2.79. The van der Waals surface area contributed by atoms with Gasteiger partial charge in [-0.05, 0) is 24.6 Å². The van der Waals surface area contributed by atoms with Crippen LogP contribution in [0, 0.1) is 18.3 Å². The molecule has 0 saturated carbocycles. The number of nitriles is 1. The van der Waals surface area contributed by atoms with Crippen molar-refractivity contribution in [2.45, 2.75) is 12.8 Å². The second-order valence-electron chi connectivity index (χ2n) is 5.38. The highest BCUT2D eigenvalue weighted by Gasteiger charge is 2.34. The lowest BCUT2D eigenvalue weighted by Crippen LogP contribution is -2.31. The Balaban J connectivity index is 2.33. The van der Waals surface area contributed by atoms with Crippen LogP contribution in [0.5, 0.6) is 11.5 Å². The number of rotatable bonds is 2. The van der Waals surface area contributed by atoms with Crippen LogP contribution in [0.1, 0.15) is 22.7 Å². The molecule has 0 saturated heterocycles. The minimum atomic E-state index is -0.750. The molecule has 2 heterocycles. The Labute approximate surface area is 137 Å². The fourth-order valence-corrected chi connectivity index (χ4v) is 2.79. The average molecular weight is 325 g/mol. The molecule has 3 rings (SSSR count). The second-order valence-corrected chi connectivity index (χ2v) is 5.38. The summed E-state index contributed by atoms with van der Waals surface area (Å²) >= 11 is 0. The molecule has 3 N–H and O–H groups in total. The van der Waals surface area contributed by atoms with E-state index in [9.17, 15) is 15.3 Å². The molecule has 0 bridgehead atoms. The van der Waals surface area contributed by atoms with Crippen LogP contribution in [-0.4, -0.2) is 17.0 Å². The number of hydrogen-bond donors (Lipinski definition) is 2. The molecule has 0 fully saturated rings. The summed E-state index contributed by atoms with van der Waals surface area (Å²) in [6.07, 6.45) is 0. The molecule has 1 aliphatic rings. The van der Waals surface area contributed by atoms with E-state index in [-0.39, 0.29) is 22.8 Å². The van der Waals surface area contributed by atoms with Gasteiger partial charge in [-0.3, -0.25) is 4.79 Å². The van der Waals surface area contributed by atoms with Gasteiger partial charge in [0, 0.05) is 6.07 Å². The van der Waals surface area contributed by atoms with Gasteiger partial charge in [0.05, 0.1) is 24.3 Å². The number of benzene rings is 1. The highest BCUT2D eigenvalue weighted by molar-refractivity contribution is 5.55. The lowest BCUT2D eigenvalue weighted by atomic mass is 9.84. The van der Waals surface area contributed by atoms with Gasteiger partial charge in [0.25, 0.3) is 5.56 Å². The van der Waals surface area contributed by atoms with Crippen molar-refractivity contribution in [1.82, 2.24) is 4.73 Å². The second kappa shape index (κ2) is 5.66. The zero-order valence-electron chi connectivity index (χ0n) is 13.1. The van der Waals surface area contributed by atoms with Gasteiger partial charge in [-0.25, -0.2) is 0 Å². The molecule has 0 spiro atoms. The number of aromatic nitrogens is 1. The average Bonchev–Trinajstić information content (AvgIpc) is 2.58. The van der Waals surface area contributed by atoms with Gasteiger partial charge in [-0.15, -0.1) is 0 Å². The topological polar surface area (TPSA) is 110 Å². The maximum Gasteiger partial charge on any atom is 0.291 e. The first kappa shape index (κ1) is 15.5. The number of hydrogen-bond acceptors (Lipinski definition) is 6. The zero-order valence-corrected chi connectivity index (χ0v) is 13.1. The van der Waals surface area contributed by atoms with E-state index >= 15 is 0 Å². The van der Waals surface area contributed by atoms with Crippen molar-refractivity contribution in [2.24, 2.45) is 5.73 Å². The van der Waals surface area contributed by atoms with Gasteiger partial charge >= 0.3 is 0 Å². The maximum atomic E-state index is 12.6. The van der Waals surface area contributed by atoms with Gasteiger partial charge in [-0.2, -0.15) is 9.99 Å². The van der Waals surface area contributed by atoms with Crippen LogP contribution in [0.15, 0.2) is 46.6 Å². The summed E-state index contributed by atoms with van der Waals surface area (Å²) in [5, 5.41) is 19.4. The number of allylic oxidation sites excluding steroid dienone is 1. The van der Waals surface area contributed by atoms with E-state index < -0.39 is 11.5 Å². The molecule has 1 atom stereocenters. The van der Waals surface area contributed by atoms with Crippen molar-refractivity contribution >= 4 is 0 Å². The molecule has 0 radical (unpaired) electrons. The molecule has 24 heavy (non-hydrogen) atoms. The summed E-state index contributed by atoms with van der Waals surface area (Å²) < 4.78 is 11.2. The van der Waals surface area contributed by atoms with E-state index in [1.807, 2.05) is 6.07 Å². The molecular formula is C17H15N3O4. The van der Waals surface area contributed by atoms with Crippen molar-refractivity contribution in [3.8, 4) is 17.6 Å². The Bertz CT molecular complexity index is 953. The summed E-state index contributed by atoms with van der Waals surface area (Å²) in [6, 6.07) is 10.5. The first-order chi connectivity index (χ1) is 11.5. The molecule has 0 unspecified atom stereocenters. The summed E-state index contributed by atoms with van der Waals surface area (Å²) in [4.78, 5) is 12.6. The molecule has 122 valence electrons. The minimum absolute atomic E-state index is 0.0627. The Morgan fingerprint density at radius 2 is 2.17 bits per heavy atom. The predicted molar refractivity (Wildman–Crippen MR) is 84.9 cm³/mol. The smallest absolute Gasteiger partial charge is 0.291 e. The Morgan fingerprint density at radius 1 is 1.42 bits per heavy atom. The van der Waals surface area contributed by atoms with Gasteiger partial charge in [0.2, 0.25) is 5.88 Å². The highest BCUT2D eigenvalue weighted by Crippen LogP contribution is 2.40. The van der Waals surface area contributed by atoms with Crippen molar-refractivity contribution in [1.29, 1.82) is 5.26 Å². The molecular weight excluding hydrogens is 310 g/mol. The van der Waals surface area contributed by atoms with Crippen LogP contribution in [0.25, 0.3) is 0 Å². The predicted octanol–water partition coefficient (Wildman–Crippen LogP) is 1.62. The minimum Gasteiger partial charge on any atom is -0.497 e. The van der Waals surface area contributed by atoms with Gasteiger partial charge in [-0.1, -0.05) is 12.1 Å². The SMILES string of the molecule is COc1cccc([C@@H]2C(C#N)=C(N)Oc3cc(C)n(O)c(=O)c32)c1. The van der Waals surface area contributed by atoms with E-state index in [1.54, 1.807) is 31.2 Å². The first-order valence-corrected chi connectivity index (χ1v) is 7.15. The lowest BCUT2D eigenvalue weighted by molar-refractivity contribution is 0.165. The lowest BCUT2D eigenvalue weighted by Gasteiger charge is -2.26. The molecule has 1 aromatic carbocycles. The Hall–Kier alpha value is -3.40. The van der Waals surface area contributed by atoms with Crippen LogP contribution < -0.4 is 20.8 Å². The van der Waals surface area contributed by atoms with E-state index in [4.69, 9.17) is 15.2 Å². The third kappa shape index (κ3) is 2.25. The van der Waals surface area contributed by atoms with Crippen molar-refractivity contribution in [3.05, 3.63) is 69.0 Å². The van der Waals surface area contributed by atoms with Crippen molar-refractivity contribution in [2.75, 3.05) is 7.11 Å². The number of nitrogens with two attached hydrogens (primary N) is 1. The number of pyridine rings is 1. The third-order valence-electron chi connectivity index (χ3n) is 3.97. The van der Waals surface area contributed by atoms with Crippen molar-refractivity contribution in [3.63, 3.8) is 0 Å². The highest BCUT2D eigenvalue weighted by atomic mass is 16.5. The number of nitrogens with zero attached hydrogens (tertiary/aromatic N) is 2. The summed E-state index contributed by atoms with van der Waals surface area (Å²) in [6.45, 7) is 1.56. The Kier molecular flexibility index (Phi) is 3.66. The zero-order chi connectivity index (χ0) is 17.4. The summed E-state index contributed by atoms with van der Waals surface area (Å²) in [7, 11) is 1.52. The molecule has 7 heteroatoms. The quantitative estimate of drug-likeness (QED) is 0.812. The number of ether oxygens (including phenoxy) is 2. The normalized spacial score (nSPS) is 16.1. The first-order valence-electron chi connectivity index (χ1n) is 7.15. The Morgan fingerprint density at radius 3 is 2.83 bits per heavy atom. The molecule has 1 aromatic heterocycles.